The molecule has 0 bridgehead atoms. The molecule has 0 unspecified atom stereocenters. The topological polar surface area (TPSA) is 61.8 Å². The highest BCUT2D eigenvalue weighted by atomic mass is 35.5. The van der Waals surface area contributed by atoms with Crippen molar-refractivity contribution in [1.82, 2.24) is 0 Å². The summed E-state index contributed by atoms with van der Waals surface area (Å²) in [5.41, 5.74) is 0. The van der Waals surface area contributed by atoms with Crippen LogP contribution in [0.5, 0.6) is 5.75 Å². The third-order valence-corrected chi connectivity index (χ3v) is 2.21. The minimum atomic E-state index is -0.805. The summed E-state index contributed by atoms with van der Waals surface area (Å²) >= 11 is 5.87. The first-order valence-electron chi connectivity index (χ1n) is 4.88. The lowest BCUT2D eigenvalue weighted by Gasteiger charge is -2.09. The van der Waals surface area contributed by atoms with Crippen molar-refractivity contribution < 1.29 is 23.8 Å². The predicted molar refractivity (Wildman–Crippen MR) is 64.2 cm³/mol. The SMILES string of the molecule is COC(=O)/C=C(\Oc1ccccc1Cl)C(=O)OC. The van der Waals surface area contributed by atoms with Crippen LogP contribution in [0.15, 0.2) is 36.1 Å². The third kappa shape index (κ3) is 3.78. The van der Waals surface area contributed by atoms with Gasteiger partial charge in [-0.3, -0.25) is 0 Å². The van der Waals surface area contributed by atoms with Gasteiger partial charge in [-0.25, -0.2) is 9.59 Å². The molecule has 0 atom stereocenters. The first-order chi connectivity index (χ1) is 8.58. The van der Waals surface area contributed by atoms with E-state index in [0.29, 0.717) is 5.02 Å². The highest BCUT2D eigenvalue weighted by Crippen LogP contribution is 2.25. The minimum Gasteiger partial charge on any atom is -0.466 e. The Kier molecular flexibility index (Phi) is 5.20. The van der Waals surface area contributed by atoms with E-state index >= 15 is 0 Å². The van der Waals surface area contributed by atoms with Crippen molar-refractivity contribution in [2.75, 3.05) is 14.2 Å². The molecule has 0 aromatic heterocycles. The van der Waals surface area contributed by atoms with Crippen molar-refractivity contribution in [3.05, 3.63) is 41.1 Å². The van der Waals surface area contributed by atoms with Gasteiger partial charge in [0.2, 0.25) is 5.76 Å². The van der Waals surface area contributed by atoms with Crippen LogP contribution in [0.3, 0.4) is 0 Å². The number of methoxy groups -OCH3 is 2. The number of benzene rings is 1. The number of ether oxygens (including phenoxy) is 3. The van der Waals surface area contributed by atoms with Crippen LogP contribution in [-0.2, 0) is 19.1 Å². The molecule has 0 saturated heterocycles. The van der Waals surface area contributed by atoms with Gasteiger partial charge in [-0.05, 0) is 12.1 Å². The zero-order valence-corrected chi connectivity index (χ0v) is 10.6. The normalized spacial score (nSPS) is 10.7. The molecule has 0 amide bonds. The lowest BCUT2D eigenvalue weighted by molar-refractivity contribution is -0.140. The average molecular weight is 271 g/mol. The molecular weight excluding hydrogens is 260 g/mol. The number of carbonyl (C=O) groups is 2. The molecule has 0 spiro atoms. The molecule has 96 valence electrons. The summed E-state index contributed by atoms with van der Waals surface area (Å²) in [6, 6.07) is 6.52. The van der Waals surface area contributed by atoms with E-state index < -0.39 is 11.9 Å². The Hall–Kier alpha value is -2.01. The van der Waals surface area contributed by atoms with Gasteiger partial charge < -0.3 is 14.2 Å². The fraction of sp³-hybridized carbons (Fsp3) is 0.167. The fourth-order valence-corrected chi connectivity index (χ4v) is 1.22. The minimum absolute atomic E-state index is 0.236. The molecule has 6 heteroatoms. The standard InChI is InChI=1S/C12H11ClO5/c1-16-11(14)7-10(12(15)17-2)18-9-6-4-3-5-8(9)13/h3-7H,1-2H3/b10-7-. The highest BCUT2D eigenvalue weighted by molar-refractivity contribution is 6.32. The summed E-state index contributed by atoms with van der Waals surface area (Å²) < 4.78 is 14.1. The van der Waals surface area contributed by atoms with Crippen LogP contribution < -0.4 is 4.74 Å². The van der Waals surface area contributed by atoms with E-state index in [1.54, 1.807) is 24.3 Å². The second-order valence-electron chi connectivity index (χ2n) is 3.06. The van der Waals surface area contributed by atoms with Gasteiger partial charge in [0.15, 0.2) is 0 Å². The first kappa shape index (κ1) is 14.1. The maximum Gasteiger partial charge on any atom is 0.374 e. The number of hydrogen-bond acceptors (Lipinski definition) is 5. The Morgan fingerprint density at radius 2 is 1.83 bits per heavy atom. The van der Waals surface area contributed by atoms with Gasteiger partial charge in [-0.2, -0.15) is 0 Å². The Balaban J connectivity index is 3.00. The quantitative estimate of drug-likeness (QED) is 0.475. The van der Waals surface area contributed by atoms with Crippen LogP contribution in [0.25, 0.3) is 0 Å². The van der Waals surface area contributed by atoms with Gasteiger partial charge in [0, 0.05) is 0 Å². The van der Waals surface area contributed by atoms with Crippen molar-refractivity contribution in [2.45, 2.75) is 0 Å². The number of halogens is 1. The van der Waals surface area contributed by atoms with Crippen molar-refractivity contribution in [1.29, 1.82) is 0 Å². The zero-order valence-electron chi connectivity index (χ0n) is 9.81. The lowest BCUT2D eigenvalue weighted by Crippen LogP contribution is -2.13. The molecule has 1 aromatic carbocycles. The molecule has 1 rings (SSSR count). The molecule has 1 aromatic rings. The molecule has 0 radical (unpaired) electrons. The molecule has 0 heterocycles. The van der Waals surface area contributed by atoms with Crippen LogP contribution in [0, 0.1) is 0 Å². The number of hydrogen-bond donors (Lipinski definition) is 0. The molecule has 18 heavy (non-hydrogen) atoms. The van der Waals surface area contributed by atoms with Gasteiger partial charge in [0.25, 0.3) is 0 Å². The maximum absolute atomic E-state index is 11.4. The smallest absolute Gasteiger partial charge is 0.374 e. The summed E-state index contributed by atoms with van der Waals surface area (Å²) in [6.07, 6.45) is 0.884. The highest BCUT2D eigenvalue weighted by Gasteiger charge is 2.16. The summed E-state index contributed by atoms with van der Waals surface area (Å²) in [6.45, 7) is 0. The number of esters is 2. The van der Waals surface area contributed by atoms with E-state index in [1.807, 2.05) is 0 Å². The molecule has 0 aliphatic heterocycles. The largest absolute Gasteiger partial charge is 0.466 e. The summed E-state index contributed by atoms with van der Waals surface area (Å²) in [4.78, 5) is 22.5. The summed E-state index contributed by atoms with van der Waals surface area (Å²) in [7, 11) is 2.35. The monoisotopic (exact) mass is 270 g/mol. The molecule has 0 aliphatic carbocycles. The second kappa shape index (κ2) is 6.66. The van der Waals surface area contributed by atoms with E-state index in [2.05, 4.69) is 9.47 Å². The van der Waals surface area contributed by atoms with E-state index in [1.165, 1.54) is 14.2 Å². The van der Waals surface area contributed by atoms with Gasteiger partial charge in [0.1, 0.15) is 5.75 Å². The Bertz CT molecular complexity index is 481. The molecule has 0 saturated carbocycles. The Morgan fingerprint density at radius 1 is 1.17 bits per heavy atom. The van der Waals surface area contributed by atoms with Crippen LogP contribution >= 0.6 is 11.6 Å². The molecule has 5 nitrogen and oxygen atoms in total. The molecule has 0 fully saturated rings. The molecular formula is C12H11ClO5. The molecule has 0 N–H and O–H groups in total. The Labute approximate surface area is 109 Å². The van der Waals surface area contributed by atoms with Crippen molar-refractivity contribution in [3.8, 4) is 5.75 Å². The van der Waals surface area contributed by atoms with Gasteiger partial charge in [-0.1, -0.05) is 23.7 Å². The Morgan fingerprint density at radius 3 is 2.39 bits per heavy atom. The lowest BCUT2D eigenvalue weighted by atomic mass is 10.3. The molecule has 0 aliphatic rings. The van der Waals surface area contributed by atoms with Crippen LogP contribution in [-0.4, -0.2) is 26.2 Å². The summed E-state index contributed by atoms with van der Waals surface area (Å²) in [5.74, 6) is -1.61. The van der Waals surface area contributed by atoms with E-state index in [9.17, 15) is 9.59 Å². The van der Waals surface area contributed by atoms with E-state index in [4.69, 9.17) is 16.3 Å². The second-order valence-corrected chi connectivity index (χ2v) is 3.46. The number of carbonyl (C=O) groups excluding carboxylic acids is 2. The van der Waals surface area contributed by atoms with E-state index in [0.717, 1.165) is 6.08 Å². The van der Waals surface area contributed by atoms with Crippen LogP contribution in [0.1, 0.15) is 0 Å². The third-order valence-electron chi connectivity index (χ3n) is 1.89. The van der Waals surface area contributed by atoms with Crippen LogP contribution in [0.4, 0.5) is 0 Å². The van der Waals surface area contributed by atoms with Crippen molar-refractivity contribution in [2.24, 2.45) is 0 Å². The first-order valence-corrected chi connectivity index (χ1v) is 5.26. The zero-order chi connectivity index (χ0) is 13.5. The van der Waals surface area contributed by atoms with Gasteiger partial charge in [-0.15, -0.1) is 0 Å². The summed E-state index contributed by atoms with van der Waals surface area (Å²) in [5, 5.41) is 0.303. The van der Waals surface area contributed by atoms with Gasteiger partial charge in [0.05, 0.1) is 25.3 Å². The predicted octanol–water partition coefficient (Wildman–Crippen LogP) is 1.95. The maximum atomic E-state index is 11.4. The van der Waals surface area contributed by atoms with E-state index in [-0.39, 0.29) is 11.5 Å². The van der Waals surface area contributed by atoms with Gasteiger partial charge >= 0.3 is 11.9 Å². The fourth-order valence-electron chi connectivity index (χ4n) is 1.04. The van der Waals surface area contributed by atoms with Crippen molar-refractivity contribution >= 4 is 23.5 Å². The number of para-hydroxylation sites is 1. The van der Waals surface area contributed by atoms with Crippen molar-refractivity contribution in [3.63, 3.8) is 0 Å². The number of rotatable bonds is 4. The van der Waals surface area contributed by atoms with Crippen LogP contribution in [0.2, 0.25) is 5.02 Å². The average Bonchev–Trinajstić information content (AvgIpc) is 2.39.